The number of thioether (sulfide) groups is 1. The van der Waals surface area contributed by atoms with E-state index in [4.69, 9.17) is 0 Å². The molecule has 3 rings (SSSR count). The van der Waals surface area contributed by atoms with Crippen LogP contribution < -0.4 is 10.0 Å². The molecule has 2 aromatic heterocycles. The quantitative estimate of drug-likeness (QED) is 0.866. The van der Waals surface area contributed by atoms with Gasteiger partial charge in [-0.1, -0.05) is 6.42 Å². The Morgan fingerprint density at radius 2 is 2.29 bits per heavy atom. The van der Waals surface area contributed by atoms with E-state index in [-0.39, 0.29) is 11.1 Å². The van der Waals surface area contributed by atoms with Crippen molar-refractivity contribution < 1.29 is 8.42 Å². The normalized spacial score (nSPS) is 23.0. The fourth-order valence-electron chi connectivity index (χ4n) is 2.78. The van der Waals surface area contributed by atoms with Crippen molar-refractivity contribution in [3.63, 3.8) is 0 Å². The van der Waals surface area contributed by atoms with Crippen molar-refractivity contribution in [3.05, 3.63) is 11.6 Å². The van der Waals surface area contributed by atoms with Crippen LogP contribution in [0.1, 0.15) is 19.3 Å². The highest BCUT2D eigenvalue weighted by Crippen LogP contribution is 2.31. The lowest BCUT2D eigenvalue weighted by Gasteiger charge is -2.19. The molecule has 0 aliphatic heterocycles. The summed E-state index contributed by atoms with van der Waals surface area (Å²) in [5, 5.41) is 5.26. The standard InChI is InChI=1S/C12H18N4O2S3/c1-13-10-11(16-6-7-20-12(16)14-10)21(17,18)15-8-4-3-5-9(8)19-2/h6-9,13,15H,3-5H2,1-2H3. The lowest BCUT2D eigenvalue weighted by molar-refractivity contribution is 0.551. The van der Waals surface area contributed by atoms with E-state index < -0.39 is 10.0 Å². The van der Waals surface area contributed by atoms with Crippen molar-refractivity contribution in [3.8, 4) is 0 Å². The lowest BCUT2D eigenvalue weighted by atomic mass is 10.3. The molecular formula is C12H18N4O2S3. The van der Waals surface area contributed by atoms with Crippen LogP contribution in [0.5, 0.6) is 0 Å². The van der Waals surface area contributed by atoms with Gasteiger partial charge in [-0.2, -0.15) is 11.8 Å². The zero-order valence-corrected chi connectivity index (χ0v) is 14.3. The van der Waals surface area contributed by atoms with Gasteiger partial charge in [-0.15, -0.1) is 11.3 Å². The van der Waals surface area contributed by atoms with Gasteiger partial charge < -0.3 is 5.32 Å². The van der Waals surface area contributed by atoms with Gasteiger partial charge in [0.2, 0.25) is 0 Å². The molecule has 116 valence electrons. The molecule has 2 aromatic rings. The van der Waals surface area contributed by atoms with Gasteiger partial charge in [0.05, 0.1) is 0 Å². The van der Waals surface area contributed by atoms with Crippen LogP contribution in [0.2, 0.25) is 0 Å². The zero-order valence-electron chi connectivity index (χ0n) is 11.9. The summed E-state index contributed by atoms with van der Waals surface area (Å²) >= 11 is 3.15. The first-order valence-corrected chi connectivity index (χ1v) is 10.4. The number of nitrogens with zero attached hydrogens (tertiary/aromatic N) is 2. The summed E-state index contributed by atoms with van der Waals surface area (Å²) in [6.45, 7) is 0. The summed E-state index contributed by atoms with van der Waals surface area (Å²) in [6.07, 6.45) is 6.80. The Morgan fingerprint density at radius 1 is 1.48 bits per heavy atom. The molecule has 21 heavy (non-hydrogen) atoms. The fourth-order valence-corrected chi connectivity index (χ4v) is 6.18. The van der Waals surface area contributed by atoms with Crippen LogP contribution in [0.25, 0.3) is 4.96 Å². The van der Waals surface area contributed by atoms with Gasteiger partial charge in [-0.3, -0.25) is 4.40 Å². The van der Waals surface area contributed by atoms with Crippen molar-refractivity contribution in [2.45, 2.75) is 35.6 Å². The first-order chi connectivity index (χ1) is 10.1. The molecular weight excluding hydrogens is 328 g/mol. The van der Waals surface area contributed by atoms with Gasteiger partial charge in [0, 0.05) is 29.9 Å². The number of aromatic nitrogens is 2. The van der Waals surface area contributed by atoms with Crippen molar-refractivity contribution in [1.82, 2.24) is 14.1 Å². The molecule has 6 nitrogen and oxygen atoms in total. The molecule has 2 atom stereocenters. The van der Waals surface area contributed by atoms with Crippen molar-refractivity contribution in [2.75, 3.05) is 18.6 Å². The van der Waals surface area contributed by atoms with Crippen molar-refractivity contribution >= 4 is 43.9 Å². The molecule has 2 N–H and O–H groups in total. The molecule has 0 amide bonds. The molecule has 0 radical (unpaired) electrons. The summed E-state index contributed by atoms with van der Waals surface area (Å²) in [4.78, 5) is 4.99. The van der Waals surface area contributed by atoms with Crippen LogP contribution >= 0.6 is 23.1 Å². The second-order valence-corrected chi connectivity index (χ2v) is 8.58. The van der Waals surface area contributed by atoms with Crippen LogP contribution in [-0.4, -0.2) is 42.4 Å². The lowest BCUT2D eigenvalue weighted by Crippen LogP contribution is -2.39. The second-order valence-electron chi connectivity index (χ2n) is 5.00. The minimum Gasteiger partial charge on any atom is -0.371 e. The Bertz CT molecular complexity index is 737. The largest absolute Gasteiger partial charge is 0.371 e. The summed E-state index contributed by atoms with van der Waals surface area (Å²) < 4.78 is 30.1. The molecule has 0 bridgehead atoms. The minimum atomic E-state index is -3.60. The van der Waals surface area contributed by atoms with E-state index in [1.165, 1.54) is 11.3 Å². The Kier molecular flexibility index (Phi) is 4.17. The molecule has 2 unspecified atom stereocenters. The number of thiazole rings is 1. The molecule has 1 aliphatic rings. The molecule has 9 heteroatoms. The highest BCUT2D eigenvalue weighted by Gasteiger charge is 2.33. The number of fused-ring (bicyclic) bond motifs is 1. The topological polar surface area (TPSA) is 75.5 Å². The van der Waals surface area contributed by atoms with Crippen molar-refractivity contribution in [1.29, 1.82) is 0 Å². The van der Waals surface area contributed by atoms with E-state index in [1.807, 2.05) is 11.6 Å². The van der Waals surface area contributed by atoms with Crippen LogP contribution in [0.3, 0.4) is 0 Å². The van der Waals surface area contributed by atoms with Crippen LogP contribution in [-0.2, 0) is 10.0 Å². The highest BCUT2D eigenvalue weighted by atomic mass is 32.2. The average molecular weight is 347 g/mol. The number of hydrogen-bond donors (Lipinski definition) is 2. The van der Waals surface area contributed by atoms with Gasteiger partial charge in [0.1, 0.15) is 0 Å². The predicted octanol–water partition coefficient (Wildman–Crippen LogP) is 2.00. The third-order valence-corrected chi connectivity index (χ3v) is 7.21. The van der Waals surface area contributed by atoms with E-state index in [0.717, 1.165) is 19.3 Å². The number of nitrogens with one attached hydrogen (secondary N) is 2. The smallest absolute Gasteiger partial charge is 0.260 e. The Labute approximate surface area is 132 Å². The van der Waals surface area contributed by atoms with Gasteiger partial charge in [0.25, 0.3) is 10.0 Å². The molecule has 2 heterocycles. The first kappa shape index (κ1) is 15.1. The maximum absolute atomic E-state index is 12.8. The van der Waals surface area contributed by atoms with Gasteiger partial charge >= 0.3 is 0 Å². The van der Waals surface area contributed by atoms with Gasteiger partial charge in [-0.05, 0) is 19.1 Å². The van der Waals surface area contributed by atoms with Gasteiger partial charge in [0.15, 0.2) is 15.8 Å². The summed E-state index contributed by atoms with van der Waals surface area (Å²) in [6, 6.07) is -0.00103. The van der Waals surface area contributed by atoms with E-state index in [0.29, 0.717) is 16.0 Å². The van der Waals surface area contributed by atoms with E-state index in [1.54, 1.807) is 29.4 Å². The van der Waals surface area contributed by atoms with Crippen LogP contribution in [0.15, 0.2) is 16.6 Å². The Morgan fingerprint density at radius 3 is 3.00 bits per heavy atom. The number of anilines is 1. The summed E-state index contributed by atoms with van der Waals surface area (Å²) in [5.74, 6) is 0.396. The molecule has 1 aliphatic carbocycles. The Balaban J connectivity index is 1.98. The molecule has 1 saturated carbocycles. The fraction of sp³-hybridized carbons (Fsp3) is 0.583. The minimum absolute atomic E-state index is 0.00103. The molecule has 1 fully saturated rings. The van der Waals surface area contributed by atoms with Crippen molar-refractivity contribution in [2.24, 2.45) is 0 Å². The summed E-state index contributed by atoms with van der Waals surface area (Å²) in [7, 11) is -1.92. The van der Waals surface area contributed by atoms with E-state index >= 15 is 0 Å². The monoisotopic (exact) mass is 346 g/mol. The van der Waals surface area contributed by atoms with E-state index in [2.05, 4.69) is 15.0 Å². The third kappa shape index (κ3) is 2.67. The highest BCUT2D eigenvalue weighted by molar-refractivity contribution is 7.99. The Hall–Kier alpha value is -0.770. The average Bonchev–Trinajstić information content (AvgIpc) is 3.11. The molecule has 0 spiro atoms. The van der Waals surface area contributed by atoms with Crippen LogP contribution in [0, 0.1) is 0 Å². The second kappa shape index (κ2) is 5.79. The number of rotatable bonds is 5. The van der Waals surface area contributed by atoms with Gasteiger partial charge in [-0.25, -0.2) is 18.1 Å². The number of sulfonamides is 1. The predicted molar refractivity (Wildman–Crippen MR) is 87.9 cm³/mol. The first-order valence-electron chi connectivity index (χ1n) is 6.75. The SMILES string of the molecule is CNc1nc2sccn2c1S(=O)(=O)NC1CCCC1SC. The number of imidazole rings is 1. The number of hydrogen-bond acceptors (Lipinski definition) is 6. The molecule has 0 saturated heterocycles. The zero-order chi connectivity index (χ0) is 15.0. The van der Waals surface area contributed by atoms with E-state index in [9.17, 15) is 8.42 Å². The summed E-state index contributed by atoms with van der Waals surface area (Å²) in [5.41, 5.74) is 0. The maximum atomic E-state index is 12.8. The third-order valence-electron chi connectivity index (χ3n) is 3.77. The van der Waals surface area contributed by atoms with Crippen LogP contribution in [0.4, 0.5) is 5.82 Å². The maximum Gasteiger partial charge on any atom is 0.260 e. The molecule has 0 aromatic carbocycles.